The third-order valence-corrected chi connectivity index (χ3v) is 1.11. The van der Waals surface area contributed by atoms with Crippen LogP contribution in [0.3, 0.4) is 0 Å². The Morgan fingerprint density at radius 1 is 0.400 bits per heavy atom. The molecule has 11 heteroatoms. The Balaban J connectivity index is 0. The van der Waals surface area contributed by atoms with Crippen LogP contribution in [0.5, 0.6) is 0 Å². The summed E-state index contributed by atoms with van der Waals surface area (Å²) in [5.41, 5.74) is 0. The van der Waals surface area contributed by atoms with Crippen molar-refractivity contribution in [3.63, 3.8) is 0 Å². The van der Waals surface area contributed by atoms with Crippen LogP contribution >= 0.6 is 13.5 Å². The number of hydrogen-bond donors (Lipinski definition) is 0. The maximum Gasteiger partial charge on any atom is 0.460 e. The van der Waals surface area contributed by atoms with E-state index in [1.165, 1.54) is 0 Å². The van der Waals surface area contributed by atoms with Gasteiger partial charge in [-0.25, -0.2) is 0 Å². The Kier molecular flexibility index (Phi) is 4.44. The molecule has 2 radical (unpaired) electrons. The zero-order valence-corrected chi connectivity index (χ0v) is 7.00. The van der Waals surface area contributed by atoms with Gasteiger partial charge in [-0.15, -0.1) is 0 Å². The molecule has 0 spiro atoms. The zero-order chi connectivity index (χ0) is 12.0. The van der Waals surface area contributed by atoms with Gasteiger partial charge in [-0.2, -0.15) is 43.9 Å². The molecule has 0 saturated heterocycles. The van der Waals surface area contributed by atoms with Gasteiger partial charge in [0.2, 0.25) is 0 Å². The number of hydrogen-bond acceptors (Lipinski definition) is 0. The zero-order valence-electron chi connectivity index (χ0n) is 6.19. The molecule has 0 amide bonds. The van der Waals surface area contributed by atoms with E-state index in [2.05, 4.69) is 0 Å². The first-order valence-corrected chi connectivity index (χ1v) is 2.64. The van der Waals surface area contributed by atoms with Crippen LogP contribution in [0.25, 0.3) is 0 Å². The third-order valence-electron chi connectivity index (χ3n) is 1.11. The molecule has 0 aromatic carbocycles. The molecule has 0 aromatic heterocycles. The van der Waals surface area contributed by atoms with Crippen LogP contribution in [-0.2, 0) is 0 Å². The topological polar surface area (TPSA) is 0 Å². The van der Waals surface area contributed by atoms with Gasteiger partial charge in [0.1, 0.15) is 0 Å². The number of alkyl halides is 10. The van der Waals surface area contributed by atoms with Crippen LogP contribution < -0.4 is 0 Å². The van der Waals surface area contributed by atoms with Gasteiger partial charge in [0.05, 0.1) is 0 Å². The van der Waals surface area contributed by atoms with Crippen molar-refractivity contribution >= 4 is 13.5 Å². The monoisotopic (exact) mass is 270 g/mol. The minimum absolute atomic E-state index is 0. The average molecular weight is 270 g/mol. The molecular formula is C4F10S. The van der Waals surface area contributed by atoms with Crippen LogP contribution in [0.15, 0.2) is 0 Å². The molecule has 0 N–H and O–H groups in total. The van der Waals surface area contributed by atoms with E-state index >= 15 is 0 Å². The predicted octanol–water partition coefficient (Wildman–Crippen LogP) is 4.03. The SMILES string of the molecule is FC(F)(F)C(F)(F)C(F)(F)C(F)(F)F.[S]. The molecule has 0 saturated carbocycles. The average Bonchev–Trinajstić information content (AvgIpc) is 1.81. The molecule has 0 bridgehead atoms. The maximum atomic E-state index is 11.6. The molecule has 0 heterocycles. The second kappa shape index (κ2) is 3.91. The van der Waals surface area contributed by atoms with Crippen molar-refractivity contribution in [3.05, 3.63) is 0 Å². The number of halogens is 10. The molecule has 0 fully saturated rings. The fraction of sp³-hybridized carbons (Fsp3) is 1.00. The summed E-state index contributed by atoms with van der Waals surface area (Å²) in [5, 5.41) is 0. The molecule has 0 atom stereocenters. The van der Waals surface area contributed by atoms with E-state index in [1.807, 2.05) is 0 Å². The summed E-state index contributed by atoms with van der Waals surface area (Å²) < 4.78 is 113. The van der Waals surface area contributed by atoms with Crippen molar-refractivity contribution in [2.75, 3.05) is 0 Å². The lowest BCUT2D eigenvalue weighted by Gasteiger charge is -2.29. The van der Waals surface area contributed by atoms with E-state index in [4.69, 9.17) is 0 Å². The largest absolute Gasteiger partial charge is 0.460 e. The second-order valence-corrected chi connectivity index (χ2v) is 2.14. The van der Waals surface area contributed by atoms with Gasteiger partial charge in [0, 0.05) is 13.5 Å². The van der Waals surface area contributed by atoms with Crippen LogP contribution in [0.4, 0.5) is 43.9 Å². The molecule has 15 heavy (non-hydrogen) atoms. The summed E-state index contributed by atoms with van der Waals surface area (Å²) in [6.07, 6.45) is -13.9. The summed E-state index contributed by atoms with van der Waals surface area (Å²) >= 11 is 0. The number of rotatable bonds is 1. The molecule has 0 aliphatic heterocycles. The van der Waals surface area contributed by atoms with Crippen molar-refractivity contribution in [2.24, 2.45) is 0 Å². The van der Waals surface area contributed by atoms with E-state index in [0.29, 0.717) is 0 Å². The molecular weight excluding hydrogens is 270 g/mol. The lowest BCUT2D eigenvalue weighted by atomic mass is 10.1. The Labute approximate surface area is 82.7 Å². The van der Waals surface area contributed by atoms with Crippen LogP contribution in [0.1, 0.15) is 0 Å². The lowest BCUT2D eigenvalue weighted by molar-refractivity contribution is -0.419. The second-order valence-electron chi connectivity index (χ2n) is 2.14. The standard InChI is InChI=1S/C4F10.S/c5-1(6,3(9,10)11)2(7,8)4(12,13)14;. The predicted molar refractivity (Wildman–Crippen MR) is 29.6 cm³/mol. The molecule has 0 rings (SSSR count). The molecule has 0 aliphatic carbocycles. The van der Waals surface area contributed by atoms with E-state index in [9.17, 15) is 43.9 Å². The van der Waals surface area contributed by atoms with Crippen LogP contribution in [0, 0.1) is 0 Å². The highest BCUT2D eigenvalue weighted by molar-refractivity contribution is 7.59. The van der Waals surface area contributed by atoms with Gasteiger partial charge in [-0.3, -0.25) is 0 Å². The van der Waals surface area contributed by atoms with Crippen LogP contribution in [0.2, 0.25) is 0 Å². The molecule has 0 aliphatic rings. The van der Waals surface area contributed by atoms with E-state index in [-0.39, 0.29) is 13.5 Å². The van der Waals surface area contributed by atoms with Crippen molar-refractivity contribution < 1.29 is 43.9 Å². The van der Waals surface area contributed by atoms with Gasteiger partial charge in [0.15, 0.2) is 0 Å². The highest BCUT2D eigenvalue weighted by Gasteiger charge is 2.82. The highest BCUT2D eigenvalue weighted by Crippen LogP contribution is 2.53. The lowest BCUT2D eigenvalue weighted by Crippen LogP contribution is -2.59. The van der Waals surface area contributed by atoms with Crippen LogP contribution in [-0.4, -0.2) is 24.2 Å². The summed E-state index contributed by atoms with van der Waals surface area (Å²) in [5.74, 6) is -14.3. The third kappa shape index (κ3) is 2.61. The van der Waals surface area contributed by atoms with Crippen molar-refractivity contribution in [3.8, 4) is 0 Å². The minimum Gasteiger partial charge on any atom is -0.189 e. The fourth-order valence-electron chi connectivity index (χ4n) is 0.356. The normalized spacial score (nSPS) is 14.8. The first-order chi connectivity index (χ1) is 5.75. The van der Waals surface area contributed by atoms with E-state index in [1.54, 1.807) is 0 Å². The Bertz CT molecular complexity index is 186. The quantitative estimate of drug-likeness (QED) is 0.631. The van der Waals surface area contributed by atoms with Gasteiger partial charge in [0.25, 0.3) is 0 Å². The molecule has 0 nitrogen and oxygen atoms in total. The first-order valence-electron chi connectivity index (χ1n) is 2.64. The summed E-state index contributed by atoms with van der Waals surface area (Å²) in [4.78, 5) is 0. The first kappa shape index (κ1) is 17.1. The highest BCUT2D eigenvalue weighted by atomic mass is 32.1. The van der Waals surface area contributed by atoms with Crippen molar-refractivity contribution in [1.29, 1.82) is 0 Å². The fourth-order valence-corrected chi connectivity index (χ4v) is 0.356. The Morgan fingerprint density at radius 3 is 0.600 bits per heavy atom. The smallest absolute Gasteiger partial charge is 0.189 e. The van der Waals surface area contributed by atoms with Gasteiger partial charge < -0.3 is 0 Å². The van der Waals surface area contributed by atoms with Crippen molar-refractivity contribution in [2.45, 2.75) is 24.2 Å². The van der Waals surface area contributed by atoms with Gasteiger partial charge >= 0.3 is 24.2 Å². The van der Waals surface area contributed by atoms with Gasteiger partial charge in [-0.1, -0.05) is 0 Å². The van der Waals surface area contributed by atoms with Crippen molar-refractivity contribution in [1.82, 2.24) is 0 Å². The molecule has 0 aromatic rings. The Hall–Kier alpha value is -0.350. The Morgan fingerprint density at radius 2 is 0.533 bits per heavy atom. The maximum absolute atomic E-state index is 11.6. The van der Waals surface area contributed by atoms with E-state index < -0.39 is 24.2 Å². The minimum atomic E-state index is -7.14. The van der Waals surface area contributed by atoms with E-state index in [0.717, 1.165) is 0 Å². The molecule has 0 unspecified atom stereocenters. The summed E-state index contributed by atoms with van der Waals surface area (Å²) in [7, 11) is 0. The molecule has 92 valence electrons. The summed E-state index contributed by atoms with van der Waals surface area (Å²) in [6.45, 7) is 0. The van der Waals surface area contributed by atoms with Gasteiger partial charge in [-0.05, 0) is 0 Å². The summed E-state index contributed by atoms with van der Waals surface area (Å²) in [6, 6.07) is 0.